The molecule has 0 radical (unpaired) electrons. The van der Waals surface area contributed by atoms with E-state index in [1.54, 1.807) is 6.92 Å². The molecule has 1 heterocycles. The number of aromatic nitrogens is 1. The van der Waals surface area contributed by atoms with Crippen LogP contribution in [-0.4, -0.2) is 30.9 Å². The van der Waals surface area contributed by atoms with Crippen molar-refractivity contribution in [3.63, 3.8) is 0 Å². The van der Waals surface area contributed by atoms with Crippen LogP contribution in [0.5, 0.6) is 0 Å². The Morgan fingerprint density at radius 1 is 1.62 bits per heavy atom. The topological polar surface area (TPSA) is 93.3 Å². The Morgan fingerprint density at radius 3 is 2.81 bits per heavy atom. The summed E-state index contributed by atoms with van der Waals surface area (Å²) in [5, 5.41) is 8.85. The Balaban J connectivity index is 3.12. The first kappa shape index (κ1) is 13.4. The molecular weight excluding hydrogens is 296 g/mol. The first-order valence-corrected chi connectivity index (χ1v) is 7.06. The summed E-state index contributed by atoms with van der Waals surface area (Å²) < 4.78 is 24.4. The van der Waals surface area contributed by atoms with Crippen molar-refractivity contribution in [2.24, 2.45) is 5.92 Å². The zero-order chi connectivity index (χ0) is 12.3. The zero-order valence-corrected chi connectivity index (χ0v) is 11.1. The molecule has 1 aromatic heterocycles. The van der Waals surface area contributed by atoms with Gasteiger partial charge in [0.15, 0.2) is 9.84 Å². The fraction of sp³-hybridized carbons (Fsp3) is 0.444. The van der Waals surface area contributed by atoms with Crippen LogP contribution in [0.4, 0.5) is 5.82 Å². The van der Waals surface area contributed by atoms with Crippen molar-refractivity contribution in [1.82, 2.24) is 4.98 Å². The van der Waals surface area contributed by atoms with Gasteiger partial charge in [0, 0.05) is 17.3 Å². The van der Waals surface area contributed by atoms with E-state index in [2.05, 4.69) is 20.9 Å². The molecule has 16 heavy (non-hydrogen) atoms. The lowest BCUT2D eigenvalue weighted by Crippen LogP contribution is -2.18. The van der Waals surface area contributed by atoms with Crippen LogP contribution in [0.25, 0.3) is 0 Å². The number of hydrogen-bond acceptors (Lipinski definition) is 5. The second-order valence-corrected chi connectivity index (χ2v) is 6.52. The summed E-state index contributed by atoms with van der Waals surface area (Å²) in [4.78, 5) is 3.77. The minimum absolute atomic E-state index is 0.00201. The van der Waals surface area contributed by atoms with E-state index >= 15 is 0 Å². The molecule has 7 heteroatoms. The van der Waals surface area contributed by atoms with E-state index in [0.717, 1.165) is 0 Å². The molecule has 0 aromatic carbocycles. The van der Waals surface area contributed by atoms with Crippen LogP contribution >= 0.6 is 15.9 Å². The number of nitrogens with zero attached hydrogens (tertiary/aromatic N) is 1. The number of rotatable bonds is 4. The van der Waals surface area contributed by atoms with Gasteiger partial charge in [-0.1, -0.05) is 6.92 Å². The summed E-state index contributed by atoms with van der Waals surface area (Å²) in [7, 11) is -3.50. The molecule has 1 atom stereocenters. The van der Waals surface area contributed by atoms with E-state index in [4.69, 9.17) is 10.8 Å². The Labute approximate surface area is 103 Å². The predicted molar refractivity (Wildman–Crippen MR) is 64.7 cm³/mol. The summed E-state index contributed by atoms with van der Waals surface area (Å²) in [6.07, 6.45) is 1.43. The third-order valence-corrected chi connectivity index (χ3v) is 4.44. The lowest BCUT2D eigenvalue weighted by molar-refractivity contribution is 0.249. The van der Waals surface area contributed by atoms with E-state index in [9.17, 15) is 8.42 Å². The Bertz CT molecular complexity index is 476. The van der Waals surface area contributed by atoms with E-state index in [0.29, 0.717) is 4.47 Å². The lowest BCUT2D eigenvalue weighted by Gasteiger charge is -2.10. The Hall–Kier alpha value is -0.660. The third-order valence-electron chi connectivity index (χ3n) is 2.00. The van der Waals surface area contributed by atoms with Crippen LogP contribution in [-0.2, 0) is 9.84 Å². The quantitative estimate of drug-likeness (QED) is 0.859. The molecule has 0 aliphatic rings. The molecule has 0 aliphatic carbocycles. The third kappa shape index (κ3) is 3.16. The number of aliphatic hydroxyl groups excluding tert-OH is 1. The number of hydrogen-bond donors (Lipinski definition) is 2. The van der Waals surface area contributed by atoms with E-state index < -0.39 is 9.84 Å². The smallest absolute Gasteiger partial charge is 0.182 e. The van der Waals surface area contributed by atoms with Gasteiger partial charge in [0.25, 0.3) is 0 Å². The largest absolute Gasteiger partial charge is 0.396 e. The average molecular weight is 309 g/mol. The van der Waals surface area contributed by atoms with Crippen molar-refractivity contribution in [3.05, 3.63) is 16.7 Å². The number of anilines is 1. The lowest BCUT2D eigenvalue weighted by atomic mass is 10.2. The van der Waals surface area contributed by atoms with Gasteiger partial charge < -0.3 is 10.8 Å². The molecule has 0 saturated carbocycles. The maximum absolute atomic E-state index is 11.9. The molecule has 0 amide bonds. The zero-order valence-electron chi connectivity index (χ0n) is 8.72. The second-order valence-electron chi connectivity index (χ2n) is 3.61. The molecule has 1 rings (SSSR count). The fourth-order valence-electron chi connectivity index (χ4n) is 1.20. The first-order valence-electron chi connectivity index (χ1n) is 4.61. The summed E-state index contributed by atoms with van der Waals surface area (Å²) in [6, 6.07) is 1.42. The number of sulfone groups is 1. The highest BCUT2D eigenvalue weighted by molar-refractivity contribution is 9.10. The van der Waals surface area contributed by atoms with E-state index in [1.165, 1.54) is 12.3 Å². The van der Waals surface area contributed by atoms with Gasteiger partial charge >= 0.3 is 0 Å². The van der Waals surface area contributed by atoms with Crippen LogP contribution in [0.1, 0.15) is 6.92 Å². The molecule has 0 bridgehead atoms. The average Bonchev–Trinajstić information content (AvgIpc) is 2.20. The molecule has 0 unspecified atom stereocenters. The molecule has 1 aromatic rings. The highest BCUT2D eigenvalue weighted by Gasteiger charge is 2.21. The van der Waals surface area contributed by atoms with Crippen molar-refractivity contribution in [3.8, 4) is 0 Å². The maximum atomic E-state index is 11.9. The number of pyridine rings is 1. The molecule has 0 saturated heterocycles. The minimum atomic E-state index is -3.50. The van der Waals surface area contributed by atoms with Crippen LogP contribution in [0, 0.1) is 5.92 Å². The van der Waals surface area contributed by atoms with Gasteiger partial charge in [-0.3, -0.25) is 0 Å². The van der Waals surface area contributed by atoms with Crippen molar-refractivity contribution >= 4 is 31.6 Å². The summed E-state index contributed by atoms with van der Waals surface area (Å²) >= 11 is 3.14. The van der Waals surface area contributed by atoms with E-state index in [1.807, 2.05) is 0 Å². The number of nitrogen functional groups attached to an aromatic ring is 1. The first-order chi connectivity index (χ1) is 7.36. The molecule has 0 spiro atoms. The maximum Gasteiger partial charge on any atom is 0.182 e. The van der Waals surface area contributed by atoms with Gasteiger partial charge in [0.2, 0.25) is 0 Å². The van der Waals surface area contributed by atoms with Crippen LogP contribution < -0.4 is 5.73 Å². The SMILES string of the molecule is C[C@H](CO)CS(=O)(=O)c1cc(Br)cnc1N. The highest BCUT2D eigenvalue weighted by atomic mass is 79.9. The fourth-order valence-corrected chi connectivity index (χ4v) is 3.39. The number of halogens is 1. The number of aliphatic hydroxyl groups is 1. The molecule has 0 aliphatic heterocycles. The van der Waals surface area contributed by atoms with Gasteiger partial charge in [-0.15, -0.1) is 0 Å². The van der Waals surface area contributed by atoms with Crippen LogP contribution in [0.3, 0.4) is 0 Å². The molecular formula is C9H13BrN2O3S. The van der Waals surface area contributed by atoms with Gasteiger partial charge in [0.1, 0.15) is 10.7 Å². The molecule has 3 N–H and O–H groups in total. The second kappa shape index (κ2) is 5.11. The van der Waals surface area contributed by atoms with Crippen molar-refractivity contribution in [2.45, 2.75) is 11.8 Å². The number of nitrogens with two attached hydrogens (primary N) is 1. The Kier molecular flexibility index (Phi) is 4.28. The summed E-state index contributed by atoms with van der Waals surface area (Å²) in [5.74, 6) is -0.497. The highest BCUT2D eigenvalue weighted by Crippen LogP contribution is 2.22. The summed E-state index contributed by atoms with van der Waals surface area (Å²) in [6.45, 7) is 1.47. The van der Waals surface area contributed by atoms with Gasteiger partial charge in [0.05, 0.1) is 5.75 Å². The Morgan fingerprint density at radius 2 is 2.25 bits per heavy atom. The minimum Gasteiger partial charge on any atom is -0.396 e. The van der Waals surface area contributed by atoms with Crippen molar-refractivity contribution in [2.75, 3.05) is 18.1 Å². The van der Waals surface area contributed by atoms with Crippen molar-refractivity contribution in [1.29, 1.82) is 0 Å². The standard InChI is InChI=1S/C9H13BrN2O3S/c1-6(4-13)5-16(14,15)8-2-7(10)3-12-9(8)11/h2-3,6,13H,4-5H2,1H3,(H2,11,12)/t6-/m1/s1. The monoisotopic (exact) mass is 308 g/mol. The molecule has 5 nitrogen and oxygen atoms in total. The van der Waals surface area contributed by atoms with Gasteiger partial charge in [-0.05, 0) is 27.9 Å². The van der Waals surface area contributed by atoms with Crippen LogP contribution in [0.15, 0.2) is 21.6 Å². The normalized spacial score (nSPS) is 13.7. The van der Waals surface area contributed by atoms with Crippen LogP contribution in [0.2, 0.25) is 0 Å². The summed E-state index contributed by atoms with van der Waals surface area (Å²) in [5.41, 5.74) is 5.52. The molecule has 90 valence electrons. The van der Waals surface area contributed by atoms with Gasteiger partial charge in [-0.25, -0.2) is 13.4 Å². The predicted octanol–water partition coefficient (Wildman–Crippen LogP) is 0.828. The molecule has 0 fully saturated rings. The van der Waals surface area contributed by atoms with E-state index in [-0.39, 0.29) is 29.0 Å². The van der Waals surface area contributed by atoms with Gasteiger partial charge in [-0.2, -0.15) is 0 Å². The van der Waals surface area contributed by atoms with Crippen molar-refractivity contribution < 1.29 is 13.5 Å².